The van der Waals surface area contributed by atoms with Gasteiger partial charge in [-0.05, 0) is 57.8 Å². The number of ether oxygens (including phenoxy) is 3. The Kier molecular flexibility index (Phi) is 70.0. The van der Waals surface area contributed by atoms with Gasteiger partial charge in [0.1, 0.15) is 13.2 Å². The van der Waals surface area contributed by atoms with E-state index in [-0.39, 0.29) is 31.1 Å². The quantitative estimate of drug-likeness (QED) is 0.0261. The van der Waals surface area contributed by atoms with E-state index >= 15 is 0 Å². The van der Waals surface area contributed by atoms with Crippen molar-refractivity contribution < 1.29 is 28.6 Å². The minimum absolute atomic E-state index is 0.0720. The third kappa shape index (κ3) is 70.3. The van der Waals surface area contributed by atoms with Crippen molar-refractivity contribution in [3.05, 3.63) is 36.5 Å². The molecule has 83 heavy (non-hydrogen) atoms. The highest BCUT2D eigenvalue weighted by Crippen LogP contribution is 2.19. The summed E-state index contributed by atoms with van der Waals surface area (Å²) in [5.74, 6) is -0.856. The zero-order chi connectivity index (χ0) is 59.9. The van der Waals surface area contributed by atoms with Crippen molar-refractivity contribution >= 4 is 17.9 Å². The Morgan fingerprint density at radius 1 is 0.241 bits per heavy atom. The molecule has 0 saturated carbocycles. The highest BCUT2D eigenvalue weighted by atomic mass is 16.6. The van der Waals surface area contributed by atoms with Crippen LogP contribution in [0.5, 0.6) is 0 Å². The van der Waals surface area contributed by atoms with Crippen LogP contribution in [-0.2, 0) is 28.6 Å². The van der Waals surface area contributed by atoms with Crippen molar-refractivity contribution in [3.63, 3.8) is 0 Å². The number of carbonyl (C=O) groups is 3. The molecule has 0 saturated heterocycles. The Balaban J connectivity index is 4.08. The largest absolute Gasteiger partial charge is 0.462 e. The van der Waals surface area contributed by atoms with Crippen LogP contribution < -0.4 is 0 Å². The molecule has 0 heterocycles. The molecule has 6 heteroatoms. The van der Waals surface area contributed by atoms with Crippen molar-refractivity contribution in [1.82, 2.24) is 0 Å². The van der Waals surface area contributed by atoms with E-state index in [1.807, 2.05) is 0 Å². The number of unbranched alkanes of at least 4 members (excludes halogenated alkanes) is 53. The molecule has 0 bridgehead atoms. The Morgan fingerprint density at radius 2 is 0.434 bits per heavy atom. The van der Waals surface area contributed by atoms with Crippen LogP contribution in [0.15, 0.2) is 36.5 Å². The van der Waals surface area contributed by atoms with E-state index < -0.39 is 6.10 Å². The molecule has 6 nitrogen and oxygen atoms in total. The molecule has 0 aromatic heterocycles. The lowest BCUT2D eigenvalue weighted by atomic mass is 10.0. The van der Waals surface area contributed by atoms with Gasteiger partial charge in [-0.1, -0.05) is 378 Å². The summed E-state index contributed by atoms with van der Waals surface area (Å²) in [4.78, 5) is 38.4. The maximum Gasteiger partial charge on any atom is 0.306 e. The molecule has 0 N–H and O–H groups in total. The van der Waals surface area contributed by atoms with Crippen LogP contribution in [0.3, 0.4) is 0 Å². The van der Waals surface area contributed by atoms with Crippen molar-refractivity contribution in [2.45, 2.75) is 425 Å². The third-order valence-corrected chi connectivity index (χ3v) is 17.1. The van der Waals surface area contributed by atoms with Gasteiger partial charge in [0.15, 0.2) is 6.10 Å². The van der Waals surface area contributed by atoms with Crippen molar-refractivity contribution in [3.8, 4) is 0 Å². The second kappa shape index (κ2) is 72.1. The van der Waals surface area contributed by atoms with Gasteiger partial charge in [0, 0.05) is 19.3 Å². The number of carbonyl (C=O) groups excluding carboxylic acids is 3. The fourth-order valence-electron chi connectivity index (χ4n) is 11.5. The van der Waals surface area contributed by atoms with Crippen LogP contribution in [-0.4, -0.2) is 37.2 Å². The van der Waals surface area contributed by atoms with Crippen LogP contribution in [0, 0.1) is 0 Å². The molecule has 0 aliphatic heterocycles. The summed E-state index contributed by atoms with van der Waals surface area (Å²) in [7, 11) is 0. The van der Waals surface area contributed by atoms with E-state index in [4.69, 9.17) is 14.2 Å². The lowest BCUT2D eigenvalue weighted by Crippen LogP contribution is -2.30. The van der Waals surface area contributed by atoms with E-state index in [9.17, 15) is 14.4 Å². The average Bonchev–Trinajstić information content (AvgIpc) is 3.49. The molecule has 0 aromatic carbocycles. The van der Waals surface area contributed by atoms with Crippen LogP contribution in [0.4, 0.5) is 0 Å². The minimum atomic E-state index is -0.777. The molecule has 0 amide bonds. The van der Waals surface area contributed by atoms with Gasteiger partial charge >= 0.3 is 17.9 Å². The first-order valence-electron chi connectivity index (χ1n) is 37.5. The smallest absolute Gasteiger partial charge is 0.306 e. The Hall–Kier alpha value is -2.37. The maximum absolute atomic E-state index is 12.9. The lowest BCUT2D eigenvalue weighted by molar-refractivity contribution is -0.167. The normalized spacial score (nSPS) is 12.2. The summed E-state index contributed by atoms with van der Waals surface area (Å²) in [6, 6.07) is 0. The third-order valence-electron chi connectivity index (χ3n) is 17.1. The molecular formula is C77H144O6. The van der Waals surface area contributed by atoms with Gasteiger partial charge in [-0.3, -0.25) is 14.4 Å². The highest BCUT2D eigenvalue weighted by molar-refractivity contribution is 5.71. The fraction of sp³-hybridized carbons (Fsp3) is 0.883. The standard InChI is InChI=1S/C77H144O6/c1-4-7-10-13-16-19-22-25-27-29-31-32-33-34-35-36-37-38-39-40-41-42-43-44-45-47-48-50-52-55-58-61-64-67-70-76(79)82-73-74(72-81-75(78)69-66-63-60-57-54-24-21-18-15-12-9-6-3)83-77(80)71-68-65-62-59-56-53-51-49-46-30-28-26-23-20-17-14-11-8-5-2/h17,20,26,28,46,49,74H,4-16,18-19,21-25,27,29-45,47-48,50-73H2,1-3H3/b20-17-,28-26-,49-46-. The molecule has 0 aliphatic rings. The second-order valence-electron chi connectivity index (χ2n) is 25.6. The summed E-state index contributed by atoms with van der Waals surface area (Å²) in [6.07, 6.45) is 90.6. The molecule has 1 atom stereocenters. The summed E-state index contributed by atoms with van der Waals surface area (Å²) >= 11 is 0. The molecular weight excluding hydrogens is 1020 g/mol. The number of rotatable bonds is 70. The van der Waals surface area contributed by atoms with Gasteiger partial charge < -0.3 is 14.2 Å². The molecule has 0 spiro atoms. The van der Waals surface area contributed by atoms with Crippen LogP contribution in [0.1, 0.15) is 419 Å². The zero-order valence-electron chi connectivity index (χ0n) is 56.2. The average molecular weight is 1170 g/mol. The number of allylic oxidation sites excluding steroid dienone is 6. The number of hydrogen-bond donors (Lipinski definition) is 0. The van der Waals surface area contributed by atoms with Crippen LogP contribution >= 0.6 is 0 Å². The van der Waals surface area contributed by atoms with E-state index in [0.717, 1.165) is 77.0 Å². The van der Waals surface area contributed by atoms with Gasteiger partial charge in [0.2, 0.25) is 0 Å². The summed E-state index contributed by atoms with van der Waals surface area (Å²) < 4.78 is 17.0. The first-order chi connectivity index (χ1) is 41.0. The van der Waals surface area contributed by atoms with Gasteiger partial charge in [0.05, 0.1) is 0 Å². The van der Waals surface area contributed by atoms with Crippen molar-refractivity contribution in [2.24, 2.45) is 0 Å². The summed E-state index contributed by atoms with van der Waals surface area (Å²) in [5, 5.41) is 0. The predicted molar refractivity (Wildman–Crippen MR) is 362 cm³/mol. The zero-order valence-corrected chi connectivity index (χ0v) is 56.2. The Morgan fingerprint density at radius 3 is 0.699 bits per heavy atom. The maximum atomic E-state index is 12.9. The highest BCUT2D eigenvalue weighted by Gasteiger charge is 2.20. The molecule has 0 aliphatic carbocycles. The van der Waals surface area contributed by atoms with Crippen LogP contribution in [0.2, 0.25) is 0 Å². The first kappa shape index (κ1) is 80.6. The van der Waals surface area contributed by atoms with Gasteiger partial charge in [-0.2, -0.15) is 0 Å². The monoisotopic (exact) mass is 1170 g/mol. The number of esters is 3. The van der Waals surface area contributed by atoms with Crippen molar-refractivity contribution in [1.29, 1.82) is 0 Å². The number of hydrogen-bond acceptors (Lipinski definition) is 6. The Labute approximate surface area is 518 Å². The van der Waals surface area contributed by atoms with Crippen LogP contribution in [0.25, 0.3) is 0 Å². The van der Waals surface area contributed by atoms with Crippen molar-refractivity contribution in [2.75, 3.05) is 13.2 Å². The molecule has 0 rings (SSSR count). The molecule has 0 aromatic rings. The van der Waals surface area contributed by atoms with Gasteiger partial charge in [-0.15, -0.1) is 0 Å². The molecule has 0 radical (unpaired) electrons. The second-order valence-corrected chi connectivity index (χ2v) is 25.6. The van der Waals surface area contributed by atoms with Gasteiger partial charge in [-0.25, -0.2) is 0 Å². The SMILES string of the molecule is CCCCC/C=C\C/C=C\C/C=C\CCCCCCCCC(=O)OC(COC(=O)CCCCCCCCCCCCCC)COC(=O)CCCCCCCCCCCCCCCCCCCCCCCCCCCCCCCCCCCC. The molecule has 488 valence electrons. The fourth-order valence-corrected chi connectivity index (χ4v) is 11.5. The molecule has 1 unspecified atom stereocenters. The minimum Gasteiger partial charge on any atom is -0.462 e. The topological polar surface area (TPSA) is 78.9 Å². The lowest BCUT2D eigenvalue weighted by Gasteiger charge is -2.18. The van der Waals surface area contributed by atoms with Gasteiger partial charge in [0.25, 0.3) is 0 Å². The summed E-state index contributed by atoms with van der Waals surface area (Å²) in [5.41, 5.74) is 0. The van der Waals surface area contributed by atoms with E-state index in [1.54, 1.807) is 0 Å². The van der Waals surface area contributed by atoms with E-state index in [0.29, 0.717) is 19.3 Å². The van der Waals surface area contributed by atoms with E-state index in [1.165, 1.54) is 302 Å². The Bertz CT molecular complexity index is 1380. The molecule has 0 fully saturated rings. The predicted octanol–water partition coefficient (Wildman–Crippen LogP) is 25.9. The summed E-state index contributed by atoms with van der Waals surface area (Å²) in [6.45, 7) is 6.67. The van der Waals surface area contributed by atoms with E-state index in [2.05, 4.69) is 57.2 Å². The first-order valence-corrected chi connectivity index (χ1v) is 37.5.